The third kappa shape index (κ3) is 5.22. The lowest BCUT2D eigenvalue weighted by Gasteiger charge is -2.40. The molecule has 0 amide bonds. The summed E-state index contributed by atoms with van der Waals surface area (Å²) in [6.45, 7) is 1.98. The van der Waals surface area contributed by atoms with Gasteiger partial charge in [0.1, 0.15) is 17.7 Å². The van der Waals surface area contributed by atoms with E-state index in [0.29, 0.717) is 36.4 Å². The van der Waals surface area contributed by atoms with Crippen molar-refractivity contribution in [3.05, 3.63) is 53.2 Å². The zero-order chi connectivity index (χ0) is 23.8. The van der Waals surface area contributed by atoms with Crippen LogP contribution in [0.1, 0.15) is 62.1 Å². The second-order valence-electron chi connectivity index (χ2n) is 8.83. The number of hydrogen-bond donors (Lipinski definition) is 0. The molecule has 0 radical (unpaired) electrons. The largest absolute Gasteiger partial charge is 0.490 e. The average Bonchev–Trinajstić information content (AvgIpc) is 3.02. The molecule has 2 aliphatic rings. The number of aryl methyl sites for hydroxylation is 1. The molecule has 180 valence electrons. The monoisotopic (exact) mass is 472 g/mol. The zero-order valence-electron chi connectivity index (χ0n) is 18.2. The minimum absolute atomic E-state index is 0.0755. The molecular formula is C24H26F6N2O. The first kappa shape index (κ1) is 23.7. The maximum Gasteiger partial charge on any atom is 0.417 e. The third-order valence-corrected chi connectivity index (χ3v) is 6.51. The standard InChI is InChI=1S/C24H26F6N2O/c1-2-3-4-15-11-16(23(25,26)27)5-9-21(15)33-20-12-18-7-8-19(13-20)32(18)22-10-6-17(14-31-22)24(28,29)30/h5-6,9-11,14,18-20H,2-4,7-8,12-13H2,1H3. The van der Waals surface area contributed by atoms with Crippen LogP contribution in [0.15, 0.2) is 36.5 Å². The highest BCUT2D eigenvalue weighted by molar-refractivity contribution is 5.45. The summed E-state index contributed by atoms with van der Waals surface area (Å²) in [6, 6.07) is 6.26. The molecule has 2 aliphatic heterocycles. The fourth-order valence-electron chi connectivity index (χ4n) is 4.92. The maximum atomic E-state index is 13.2. The Morgan fingerprint density at radius 3 is 2.12 bits per heavy atom. The molecule has 2 fully saturated rings. The van der Waals surface area contributed by atoms with E-state index in [1.54, 1.807) is 0 Å². The van der Waals surface area contributed by atoms with Gasteiger partial charge in [-0.05, 0) is 61.6 Å². The first-order valence-corrected chi connectivity index (χ1v) is 11.2. The van der Waals surface area contributed by atoms with Gasteiger partial charge in [-0.25, -0.2) is 4.98 Å². The molecule has 0 saturated carbocycles. The number of ether oxygens (including phenoxy) is 1. The van der Waals surface area contributed by atoms with Gasteiger partial charge in [0.2, 0.25) is 0 Å². The topological polar surface area (TPSA) is 25.4 Å². The van der Waals surface area contributed by atoms with Crippen molar-refractivity contribution in [2.45, 2.75) is 82.4 Å². The van der Waals surface area contributed by atoms with Crippen LogP contribution in [0.5, 0.6) is 5.75 Å². The number of nitrogens with zero attached hydrogens (tertiary/aromatic N) is 2. The van der Waals surface area contributed by atoms with Crippen LogP contribution >= 0.6 is 0 Å². The van der Waals surface area contributed by atoms with Crippen LogP contribution in [0.2, 0.25) is 0 Å². The summed E-state index contributed by atoms with van der Waals surface area (Å²) in [5.41, 5.74) is -0.895. The average molecular weight is 472 g/mol. The minimum atomic E-state index is -4.43. The Balaban J connectivity index is 1.48. The summed E-state index contributed by atoms with van der Waals surface area (Å²) in [5.74, 6) is 1.01. The number of hydrogen-bond acceptors (Lipinski definition) is 3. The van der Waals surface area contributed by atoms with Crippen molar-refractivity contribution in [1.29, 1.82) is 0 Å². The number of pyridine rings is 1. The number of benzene rings is 1. The van der Waals surface area contributed by atoms with Crippen molar-refractivity contribution in [3.8, 4) is 5.75 Å². The van der Waals surface area contributed by atoms with Gasteiger partial charge in [-0.2, -0.15) is 26.3 Å². The lowest BCUT2D eigenvalue weighted by atomic mass is 9.98. The predicted molar refractivity (Wildman–Crippen MR) is 112 cm³/mol. The number of fused-ring (bicyclic) bond motifs is 2. The number of piperidine rings is 1. The van der Waals surface area contributed by atoms with Gasteiger partial charge in [0.15, 0.2) is 0 Å². The molecule has 1 aromatic heterocycles. The van der Waals surface area contributed by atoms with Gasteiger partial charge < -0.3 is 9.64 Å². The van der Waals surface area contributed by atoms with Gasteiger partial charge in [0, 0.05) is 31.1 Å². The first-order chi connectivity index (χ1) is 15.6. The zero-order valence-corrected chi connectivity index (χ0v) is 18.2. The van der Waals surface area contributed by atoms with Gasteiger partial charge in [0.25, 0.3) is 0 Å². The summed E-state index contributed by atoms with van der Waals surface area (Å²) < 4.78 is 84.3. The van der Waals surface area contributed by atoms with E-state index in [-0.39, 0.29) is 18.2 Å². The van der Waals surface area contributed by atoms with E-state index in [1.165, 1.54) is 18.2 Å². The molecule has 33 heavy (non-hydrogen) atoms. The molecule has 1 aromatic carbocycles. The van der Waals surface area contributed by atoms with Crippen molar-refractivity contribution < 1.29 is 31.1 Å². The lowest BCUT2D eigenvalue weighted by molar-refractivity contribution is -0.138. The Labute approximate surface area is 188 Å². The summed E-state index contributed by atoms with van der Waals surface area (Å²) in [7, 11) is 0. The highest BCUT2D eigenvalue weighted by Crippen LogP contribution is 2.41. The Hall–Kier alpha value is -2.45. The Morgan fingerprint density at radius 2 is 1.58 bits per heavy atom. The van der Waals surface area contributed by atoms with Gasteiger partial charge in [0.05, 0.1) is 11.1 Å². The normalized spacial score (nSPS) is 23.1. The van der Waals surface area contributed by atoms with Crippen LogP contribution in [-0.4, -0.2) is 23.2 Å². The molecule has 0 N–H and O–H groups in total. The number of anilines is 1. The van der Waals surface area contributed by atoms with Crippen LogP contribution in [0, 0.1) is 0 Å². The smallest absolute Gasteiger partial charge is 0.417 e. The molecular weight excluding hydrogens is 446 g/mol. The van der Waals surface area contributed by atoms with Crippen molar-refractivity contribution in [2.75, 3.05) is 4.90 Å². The fourth-order valence-corrected chi connectivity index (χ4v) is 4.92. The highest BCUT2D eigenvalue weighted by atomic mass is 19.4. The molecule has 2 saturated heterocycles. The van der Waals surface area contributed by atoms with Crippen molar-refractivity contribution in [2.24, 2.45) is 0 Å². The molecule has 2 aromatic rings. The molecule has 2 bridgehead atoms. The summed E-state index contributed by atoms with van der Waals surface area (Å²) >= 11 is 0. The van der Waals surface area contributed by atoms with Crippen LogP contribution in [0.4, 0.5) is 32.2 Å². The van der Waals surface area contributed by atoms with Crippen LogP contribution in [0.25, 0.3) is 0 Å². The Morgan fingerprint density at radius 1 is 0.939 bits per heavy atom. The van der Waals surface area contributed by atoms with Crippen molar-refractivity contribution in [1.82, 2.24) is 4.98 Å². The number of unbranched alkanes of at least 4 members (excludes halogenated alkanes) is 1. The van der Waals surface area contributed by atoms with Crippen molar-refractivity contribution >= 4 is 5.82 Å². The van der Waals surface area contributed by atoms with E-state index in [1.807, 2.05) is 6.92 Å². The van der Waals surface area contributed by atoms with Gasteiger partial charge in [-0.15, -0.1) is 0 Å². The molecule has 3 nitrogen and oxygen atoms in total. The second-order valence-corrected chi connectivity index (χ2v) is 8.83. The maximum absolute atomic E-state index is 13.2. The number of halogens is 6. The van der Waals surface area contributed by atoms with E-state index in [4.69, 9.17) is 4.74 Å². The van der Waals surface area contributed by atoms with E-state index >= 15 is 0 Å². The lowest BCUT2D eigenvalue weighted by Crippen LogP contribution is -2.47. The summed E-state index contributed by atoms with van der Waals surface area (Å²) in [5, 5.41) is 0. The van der Waals surface area contributed by atoms with Crippen molar-refractivity contribution in [3.63, 3.8) is 0 Å². The van der Waals surface area contributed by atoms with E-state index in [0.717, 1.165) is 44.0 Å². The van der Waals surface area contributed by atoms with Crippen LogP contribution < -0.4 is 9.64 Å². The number of alkyl halides is 6. The number of aromatic nitrogens is 1. The van der Waals surface area contributed by atoms with Gasteiger partial charge in [-0.1, -0.05) is 13.3 Å². The SMILES string of the molecule is CCCCc1cc(C(F)(F)F)ccc1OC1CC2CCC(C1)N2c1ccc(C(F)(F)F)cn1. The van der Waals surface area contributed by atoms with Crippen LogP contribution in [0.3, 0.4) is 0 Å². The third-order valence-electron chi connectivity index (χ3n) is 6.51. The minimum Gasteiger partial charge on any atom is -0.490 e. The molecule has 9 heteroatoms. The highest BCUT2D eigenvalue weighted by Gasteiger charge is 2.43. The van der Waals surface area contributed by atoms with Gasteiger partial charge in [-0.3, -0.25) is 0 Å². The number of rotatable bonds is 6. The first-order valence-electron chi connectivity index (χ1n) is 11.2. The molecule has 2 atom stereocenters. The fraction of sp³-hybridized carbons (Fsp3) is 0.542. The quantitative estimate of drug-likeness (QED) is 0.422. The Bertz CT molecular complexity index is 943. The van der Waals surface area contributed by atoms with E-state index in [2.05, 4.69) is 9.88 Å². The second kappa shape index (κ2) is 9.06. The van der Waals surface area contributed by atoms with E-state index in [9.17, 15) is 26.3 Å². The molecule has 2 unspecified atom stereocenters. The summed E-state index contributed by atoms with van der Waals surface area (Å²) in [4.78, 5) is 6.13. The van der Waals surface area contributed by atoms with E-state index < -0.39 is 23.5 Å². The molecule has 0 spiro atoms. The van der Waals surface area contributed by atoms with Crippen LogP contribution in [-0.2, 0) is 18.8 Å². The summed E-state index contributed by atoms with van der Waals surface area (Å²) in [6.07, 6.45) is -2.95. The predicted octanol–water partition coefficient (Wildman–Crippen LogP) is 7.04. The molecule has 4 rings (SSSR count). The Kier molecular flexibility index (Phi) is 6.51. The molecule has 0 aliphatic carbocycles. The van der Waals surface area contributed by atoms with Gasteiger partial charge >= 0.3 is 12.4 Å². The molecule has 3 heterocycles.